The highest BCUT2D eigenvalue weighted by atomic mass is 32.1. The SMILES string of the molecule is CC1CCc2onc(C(=O)O/N=C(\N)c3cccs3)c2C1. The van der Waals surface area contributed by atoms with Crippen molar-refractivity contribution in [3.8, 4) is 0 Å². The van der Waals surface area contributed by atoms with Gasteiger partial charge in [0.1, 0.15) is 5.76 Å². The first-order valence-electron chi connectivity index (χ1n) is 6.71. The number of aromatic nitrogens is 1. The van der Waals surface area contributed by atoms with Crippen LogP contribution in [0.5, 0.6) is 0 Å². The topological polar surface area (TPSA) is 90.7 Å². The molecule has 21 heavy (non-hydrogen) atoms. The molecule has 1 aliphatic rings. The van der Waals surface area contributed by atoms with Crippen molar-refractivity contribution in [2.24, 2.45) is 16.8 Å². The van der Waals surface area contributed by atoms with E-state index < -0.39 is 5.97 Å². The van der Waals surface area contributed by atoms with E-state index in [1.807, 2.05) is 11.4 Å². The molecule has 0 fully saturated rings. The molecule has 0 bridgehead atoms. The number of hydrogen-bond acceptors (Lipinski definition) is 6. The molecule has 0 radical (unpaired) electrons. The summed E-state index contributed by atoms with van der Waals surface area (Å²) >= 11 is 1.42. The van der Waals surface area contributed by atoms with E-state index in [4.69, 9.17) is 15.1 Å². The van der Waals surface area contributed by atoms with Crippen molar-refractivity contribution in [3.05, 3.63) is 39.4 Å². The average Bonchev–Trinajstić information content (AvgIpc) is 3.13. The van der Waals surface area contributed by atoms with Gasteiger partial charge in [-0.1, -0.05) is 23.3 Å². The van der Waals surface area contributed by atoms with E-state index in [0.29, 0.717) is 5.92 Å². The Bertz CT molecular complexity index is 676. The molecule has 0 saturated heterocycles. The Morgan fingerprint density at radius 2 is 2.48 bits per heavy atom. The lowest BCUT2D eigenvalue weighted by molar-refractivity contribution is 0.0503. The van der Waals surface area contributed by atoms with Crippen LogP contribution in [0.15, 0.2) is 27.2 Å². The van der Waals surface area contributed by atoms with Crippen molar-refractivity contribution in [3.63, 3.8) is 0 Å². The average molecular weight is 305 g/mol. The van der Waals surface area contributed by atoms with Gasteiger partial charge in [0.2, 0.25) is 0 Å². The molecule has 2 heterocycles. The van der Waals surface area contributed by atoms with E-state index >= 15 is 0 Å². The van der Waals surface area contributed by atoms with Crippen LogP contribution < -0.4 is 5.73 Å². The van der Waals surface area contributed by atoms with Crippen molar-refractivity contribution in [1.82, 2.24) is 5.16 Å². The Balaban J connectivity index is 1.75. The number of nitrogens with zero attached hydrogens (tertiary/aromatic N) is 2. The van der Waals surface area contributed by atoms with E-state index in [9.17, 15) is 4.79 Å². The van der Waals surface area contributed by atoms with Crippen molar-refractivity contribution < 1.29 is 14.2 Å². The van der Waals surface area contributed by atoms with Gasteiger partial charge in [-0.15, -0.1) is 11.3 Å². The summed E-state index contributed by atoms with van der Waals surface area (Å²) in [6, 6.07) is 3.65. The molecule has 0 saturated carbocycles. The highest BCUT2D eigenvalue weighted by Crippen LogP contribution is 2.28. The lowest BCUT2D eigenvalue weighted by Gasteiger charge is -2.15. The molecule has 2 N–H and O–H groups in total. The molecule has 6 nitrogen and oxygen atoms in total. The fourth-order valence-corrected chi connectivity index (χ4v) is 2.96. The number of nitrogens with two attached hydrogens (primary N) is 1. The number of rotatable bonds is 3. The van der Waals surface area contributed by atoms with Gasteiger partial charge in [-0.25, -0.2) is 4.79 Å². The smallest absolute Gasteiger partial charge is 0.380 e. The first-order chi connectivity index (χ1) is 10.1. The van der Waals surface area contributed by atoms with Gasteiger partial charge in [0.25, 0.3) is 0 Å². The van der Waals surface area contributed by atoms with Crippen LogP contribution in [0.1, 0.15) is 40.0 Å². The van der Waals surface area contributed by atoms with Crippen LogP contribution in [0.4, 0.5) is 0 Å². The molecular formula is C14H15N3O3S. The quantitative estimate of drug-likeness (QED) is 0.407. The Morgan fingerprint density at radius 1 is 1.62 bits per heavy atom. The predicted octanol–water partition coefficient (Wildman–Crippen LogP) is 2.34. The summed E-state index contributed by atoms with van der Waals surface area (Å²) in [6.45, 7) is 2.14. The molecule has 3 rings (SSSR count). The van der Waals surface area contributed by atoms with E-state index in [1.165, 1.54) is 11.3 Å². The maximum absolute atomic E-state index is 12.1. The largest absolute Gasteiger partial charge is 0.387 e. The molecule has 7 heteroatoms. The van der Waals surface area contributed by atoms with Crippen LogP contribution in [0.2, 0.25) is 0 Å². The Hall–Kier alpha value is -2.15. The van der Waals surface area contributed by atoms with Gasteiger partial charge >= 0.3 is 5.97 Å². The third-order valence-corrected chi connectivity index (χ3v) is 4.37. The number of fused-ring (bicyclic) bond motifs is 1. The van der Waals surface area contributed by atoms with Crippen LogP contribution in [-0.2, 0) is 17.7 Å². The second kappa shape index (κ2) is 5.69. The summed E-state index contributed by atoms with van der Waals surface area (Å²) in [6.07, 6.45) is 2.62. The van der Waals surface area contributed by atoms with Gasteiger partial charge in [0.15, 0.2) is 11.5 Å². The zero-order valence-corrected chi connectivity index (χ0v) is 12.4. The molecule has 1 atom stereocenters. The molecule has 1 unspecified atom stereocenters. The fraction of sp³-hybridized carbons (Fsp3) is 0.357. The normalized spacial score (nSPS) is 18.3. The fourth-order valence-electron chi connectivity index (χ4n) is 2.34. The van der Waals surface area contributed by atoms with Crippen molar-refractivity contribution in [2.75, 3.05) is 0 Å². The van der Waals surface area contributed by atoms with Gasteiger partial charge in [-0.3, -0.25) is 0 Å². The zero-order valence-electron chi connectivity index (χ0n) is 11.5. The van der Waals surface area contributed by atoms with Gasteiger partial charge in [-0.05, 0) is 30.2 Å². The Kier molecular flexibility index (Phi) is 3.74. The number of aryl methyl sites for hydroxylation is 1. The molecule has 0 aromatic carbocycles. The predicted molar refractivity (Wildman–Crippen MR) is 78.2 cm³/mol. The Labute approximate surface area is 125 Å². The van der Waals surface area contributed by atoms with Crippen molar-refractivity contribution in [2.45, 2.75) is 26.2 Å². The third kappa shape index (κ3) is 2.82. The first kappa shape index (κ1) is 13.8. The maximum atomic E-state index is 12.1. The van der Waals surface area contributed by atoms with E-state index in [2.05, 4.69) is 17.2 Å². The second-order valence-electron chi connectivity index (χ2n) is 5.11. The van der Waals surface area contributed by atoms with Crippen molar-refractivity contribution in [1.29, 1.82) is 0 Å². The summed E-state index contributed by atoms with van der Waals surface area (Å²) in [5.41, 5.74) is 6.78. The molecule has 110 valence electrons. The lowest BCUT2D eigenvalue weighted by Crippen LogP contribution is -2.16. The van der Waals surface area contributed by atoms with Gasteiger partial charge in [0, 0.05) is 12.0 Å². The first-order valence-corrected chi connectivity index (χ1v) is 7.59. The molecule has 2 aromatic rings. The molecule has 0 amide bonds. The van der Waals surface area contributed by atoms with Crippen LogP contribution in [-0.4, -0.2) is 17.0 Å². The van der Waals surface area contributed by atoms with Crippen LogP contribution >= 0.6 is 11.3 Å². The molecule has 1 aliphatic carbocycles. The summed E-state index contributed by atoms with van der Waals surface area (Å²) in [4.78, 5) is 17.7. The van der Waals surface area contributed by atoms with Crippen molar-refractivity contribution >= 4 is 23.1 Å². The minimum Gasteiger partial charge on any atom is -0.380 e. The molecule has 0 aliphatic heterocycles. The zero-order chi connectivity index (χ0) is 14.8. The standard InChI is InChI=1S/C14H15N3O3S/c1-8-4-5-10-9(7-8)12(16-19-10)14(18)20-17-13(15)11-3-2-6-21-11/h2-3,6,8H,4-5,7H2,1H3,(H2,15,17). The molecule has 0 spiro atoms. The number of amidine groups is 1. The van der Waals surface area contributed by atoms with E-state index in [0.717, 1.165) is 35.5 Å². The summed E-state index contributed by atoms with van der Waals surface area (Å²) in [5.74, 6) is 0.816. The Morgan fingerprint density at radius 3 is 3.24 bits per heavy atom. The minimum absolute atomic E-state index is 0.170. The number of carbonyl (C=O) groups excluding carboxylic acids is 1. The minimum atomic E-state index is -0.631. The van der Waals surface area contributed by atoms with Crippen LogP contribution in [0, 0.1) is 5.92 Å². The van der Waals surface area contributed by atoms with Gasteiger partial charge in [-0.2, -0.15) is 0 Å². The number of carbonyl (C=O) groups is 1. The third-order valence-electron chi connectivity index (χ3n) is 3.48. The second-order valence-corrected chi connectivity index (χ2v) is 6.06. The highest BCUT2D eigenvalue weighted by molar-refractivity contribution is 7.12. The highest BCUT2D eigenvalue weighted by Gasteiger charge is 2.28. The molecular weight excluding hydrogens is 290 g/mol. The number of hydrogen-bond donors (Lipinski definition) is 1. The van der Waals surface area contributed by atoms with Crippen LogP contribution in [0.3, 0.4) is 0 Å². The van der Waals surface area contributed by atoms with Crippen LogP contribution in [0.25, 0.3) is 0 Å². The maximum Gasteiger partial charge on any atom is 0.387 e. The van der Waals surface area contributed by atoms with Gasteiger partial charge in [0.05, 0.1) is 4.88 Å². The number of oxime groups is 1. The van der Waals surface area contributed by atoms with Gasteiger partial charge < -0.3 is 15.1 Å². The van der Waals surface area contributed by atoms with E-state index in [-0.39, 0.29) is 11.5 Å². The summed E-state index contributed by atoms with van der Waals surface area (Å²) in [5, 5.41) is 9.35. The number of thiophene rings is 1. The summed E-state index contributed by atoms with van der Waals surface area (Å²) in [7, 11) is 0. The summed E-state index contributed by atoms with van der Waals surface area (Å²) < 4.78 is 5.21. The molecule has 2 aromatic heterocycles. The monoisotopic (exact) mass is 305 g/mol. The van der Waals surface area contributed by atoms with E-state index in [1.54, 1.807) is 6.07 Å². The lowest BCUT2D eigenvalue weighted by atomic mass is 9.88.